The number of amides is 2. The SMILES string of the molecule is CNC(=O)CN1CCC(NC(=O)[C@@H]2[C@@H](C=C(C)C)C2(C)C)CC1. The molecule has 0 spiro atoms. The molecule has 1 aliphatic carbocycles. The molecule has 1 aliphatic heterocycles. The molecular formula is C18H31N3O2. The topological polar surface area (TPSA) is 61.4 Å². The number of nitrogens with one attached hydrogen (secondary N) is 2. The van der Waals surface area contributed by atoms with E-state index in [2.05, 4.69) is 49.3 Å². The summed E-state index contributed by atoms with van der Waals surface area (Å²) in [5, 5.41) is 5.88. The predicted molar refractivity (Wildman–Crippen MR) is 91.9 cm³/mol. The van der Waals surface area contributed by atoms with Crippen LogP contribution in [0.2, 0.25) is 0 Å². The van der Waals surface area contributed by atoms with Crippen LogP contribution in [0.3, 0.4) is 0 Å². The van der Waals surface area contributed by atoms with Gasteiger partial charge in [-0.3, -0.25) is 14.5 Å². The summed E-state index contributed by atoms with van der Waals surface area (Å²) in [5.41, 5.74) is 1.35. The molecule has 1 saturated heterocycles. The van der Waals surface area contributed by atoms with Gasteiger partial charge in [-0.05, 0) is 38.0 Å². The Hall–Kier alpha value is -1.36. The Labute approximate surface area is 139 Å². The molecule has 2 atom stereocenters. The van der Waals surface area contributed by atoms with E-state index in [1.807, 2.05) is 0 Å². The summed E-state index contributed by atoms with van der Waals surface area (Å²) in [5.74, 6) is 0.709. The Kier molecular flexibility index (Phi) is 5.50. The number of piperidine rings is 1. The van der Waals surface area contributed by atoms with Crippen molar-refractivity contribution < 1.29 is 9.59 Å². The van der Waals surface area contributed by atoms with Crippen molar-refractivity contribution in [1.82, 2.24) is 15.5 Å². The average molecular weight is 321 g/mol. The fourth-order valence-electron chi connectivity index (χ4n) is 3.66. The number of hydrogen-bond donors (Lipinski definition) is 2. The van der Waals surface area contributed by atoms with Crippen molar-refractivity contribution in [2.45, 2.75) is 46.6 Å². The Morgan fingerprint density at radius 3 is 2.35 bits per heavy atom. The molecule has 0 aromatic heterocycles. The summed E-state index contributed by atoms with van der Waals surface area (Å²) in [6, 6.07) is 0.243. The molecule has 1 heterocycles. The molecule has 0 unspecified atom stereocenters. The summed E-state index contributed by atoms with van der Waals surface area (Å²) in [6.07, 6.45) is 4.07. The maximum absolute atomic E-state index is 12.6. The Morgan fingerprint density at radius 2 is 1.83 bits per heavy atom. The summed E-state index contributed by atoms with van der Waals surface area (Å²) in [7, 11) is 1.66. The van der Waals surface area contributed by atoms with Gasteiger partial charge in [0.05, 0.1) is 12.5 Å². The second kappa shape index (κ2) is 7.04. The van der Waals surface area contributed by atoms with Crippen molar-refractivity contribution in [3.63, 3.8) is 0 Å². The number of allylic oxidation sites excluding steroid dienone is 2. The normalized spacial score (nSPS) is 27.2. The summed E-state index contributed by atoms with van der Waals surface area (Å²) in [6.45, 7) is 10.7. The van der Waals surface area contributed by atoms with Crippen LogP contribution in [0.1, 0.15) is 40.5 Å². The summed E-state index contributed by atoms with van der Waals surface area (Å²) >= 11 is 0. The minimum Gasteiger partial charge on any atom is -0.358 e. The van der Waals surface area contributed by atoms with E-state index in [0.717, 1.165) is 25.9 Å². The van der Waals surface area contributed by atoms with E-state index in [0.29, 0.717) is 12.5 Å². The maximum atomic E-state index is 12.6. The number of hydrogen-bond acceptors (Lipinski definition) is 3. The van der Waals surface area contributed by atoms with Crippen LogP contribution in [-0.2, 0) is 9.59 Å². The summed E-state index contributed by atoms with van der Waals surface area (Å²) < 4.78 is 0. The lowest BCUT2D eigenvalue weighted by Crippen LogP contribution is -2.47. The quantitative estimate of drug-likeness (QED) is 0.755. The molecule has 2 N–H and O–H groups in total. The molecule has 0 bridgehead atoms. The van der Waals surface area contributed by atoms with Gasteiger partial charge in [-0.15, -0.1) is 0 Å². The number of rotatable bonds is 5. The van der Waals surface area contributed by atoms with E-state index in [1.54, 1.807) is 7.05 Å². The standard InChI is InChI=1S/C18H31N3O2/c1-12(2)10-14-16(18(14,3)4)17(23)20-13-6-8-21(9-7-13)11-15(22)19-5/h10,13-14,16H,6-9,11H2,1-5H3,(H,19,22)(H,20,23)/t14-,16+/m1/s1. The largest absolute Gasteiger partial charge is 0.358 e. The van der Waals surface area contributed by atoms with Crippen molar-refractivity contribution >= 4 is 11.8 Å². The molecular weight excluding hydrogens is 290 g/mol. The predicted octanol–water partition coefficient (Wildman–Crippen LogP) is 1.55. The molecule has 0 aromatic carbocycles. The molecule has 130 valence electrons. The van der Waals surface area contributed by atoms with E-state index in [1.165, 1.54) is 5.57 Å². The van der Waals surface area contributed by atoms with Gasteiger partial charge in [-0.2, -0.15) is 0 Å². The van der Waals surface area contributed by atoms with Gasteiger partial charge in [0.25, 0.3) is 0 Å². The molecule has 23 heavy (non-hydrogen) atoms. The molecule has 2 fully saturated rings. The van der Waals surface area contributed by atoms with E-state index in [-0.39, 0.29) is 29.2 Å². The first-order valence-electron chi connectivity index (χ1n) is 8.64. The molecule has 5 nitrogen and oxygen atoms in total. The zero-order chi connectivity index (χ0) is 17.2. The van der Waals surface area contributed by atoms with Gasteiger partial charge in [0.1, 0.15) is 0 Å². The molecule has 0 radical (unpaired) electrons. The monoisotopic (exact) mass is 321 g/mol. The van der Waals surface area contributed by atoms with Gasteiger partial charge >= 0.3 is 0 Å². The van der Waals surface area contributed by atoms with Gasteiger partial charge < -0.3 is 10.6 Å². The second-order valence-electron chi connectivity index (χ2n) is 7.80. The van der Waals surface area contributed by atoms with E-state index < -0.39 is 0 Å². The minimum absolute atomic E-state index is 0.0526. The highest BCUT2D eigenvalue weighted by molar-refractivity contribution is 5.84. The van der Waals surface area contributed by atoms with E-state index in [9.17, 15) is 9.59 Å². The van der Waals surface area contributed by atoms with Crippen LogP contribution in [0.25, 0.3) is 0 Å². The van der Waals surface area contributed by atoms with Gasteiger partial charge in [-0.25, -0.2) is 0 Å². The molecule has 2 amide bonds. The van der Waals surface area contributed by atoms with Crippen molar-refractivity contribution in [1.29, 1.82) is 0 Å². The van der Waals surface area contributed by atoms with Crippen LogP contribution in [0.5, 0.6) is 0 Å². The van der Waals surface area contributed by atoms with E-state index in [4.69, 9.17) is 0 Å². The molecule has 1 saturated carbocycles. The van der Waals surface area contributed by atoms with Crippen LogP contribution in [0, 0.1) is 17.3 Å². The van der Waals surface area contributed by atoms with Crippen LogP contribution >= 0.6 is 0 Å². The number of carbonyl (C=O) groups excluding carboxylic acids is 2. The van der Waals surface area contributed by atoms with Crippen LogP contribution in [0.4, 0.5) is 0 Å². The van der Waals surface area contributed by atoms with Crippen LogP contribution < -0.4 is 10.6 Å². The number of likely N-dealkylation sites (N-methyl/N-ethyl adjacent to an activating group) is 1. The highest BCUT2D eigenvalue weighted by Gasteiger charge is 2.60. The third-order valence-corrected chi connectivity index (χ3v) is 5.29. The zero-order valence-corrected chi connectivity index (χ0v) is 15.1. The highest BCUT2D eigenvalue weighted by atomic mass is 16.2. The number of likely N-dealkylation sites (tertiary alicyclic amines) is 1. The van der Waals surface area contributed by atoms with Crippen molar-refractivity contribution in [3.8, 4) is 0 Å². The lowest BCUT2D eigenvalue weighted by molar-refractivity contribution is -0.125. The Balaban J connectivity index is 1.80. The Morgan fingerprint density at radius 1 is 1.22 bits per heavy atom. The van der Waals surface area contributed by atoms with Crippen molar-refractivity contribution in [2.75, 3.05) is 26.7 Å². The first kappa shape index (κ1) is 18.0. The molecule has 5 heteroatoms. The maximum Gasteiger partial charge on any atom is 0.233 e. The van der Waals surface area contributed by atoms with E-state index >= 15 is 0 Å². The molecule has 0 aromatic rings. The van der Waals surface area contributed by atoms with Gasteiger partial charge in [0.15, 0.2) is 0 Å². The highest BCUT2D eigenvalue weighted by Crippen LogP contribution is 2.59. The van der Waals surface area contributed by atoms with Crippen LogP contribution in [0.15, 0.2) is 11.6 Å². The summed E-state index contributed by atoms with van der Waals surface area (Å²) in [4.78, 5) is 26.1. The van der Waals surface area contributed by atoms with Crippen LogP contribution in [-0.4, -0.2) is 49.4 Å². The third-order valence-electron chi connectivity index (χ3n) is 5.29. The third kappa shape index (κ3) is 4.34. The zero-order valence-electron chi connectivity index (χ0n) is 15.1. The lowest BCUT2D eigenvalue weighted by atomic mass is 10.0. The molecule has 2 rings (SSSR count). The Bertz CT molecular complexity index is 486. The average Bonchev–Trinajstić information content (AvgIpc) is 3.01. The number of nitrogens with zero attached hydrogens (tertiary/aromatic N) is 1. The fraction of sp³-hybridized carbons (Fsp3) is 0.778. The van der Waals surface area contributed by atoms with Crippen molar-refractivity contribution in [2.24, 2.45) is 17.3 Å². The smallest absolute Gasteiger partial charge is 0.233 e. The number of carbonyl (C=O) groups is 2. The first-order valence-corrected chi connectivity index (χ1v) is 8.64. The molecule has 2 aliphatic rings. The fourth-order valence-corrected chi connectivity index (χ4v) is 3.66. The minimum atomic E-state index is 0.0526. The van der Waals surface area contributed by atoms with Gasteiger partial charge in [0.2, 0.25) is 11.8 Å². The first-order chi connectivity index (χ1) is 10.8. The van der Waals surface area contributed by atoms with Gasteiger partial charge in [0, 0.05) is 26.2 Å². The van der Waals surface area contributed by atoms with Crippen molar-refractivity contribution in [3.05, 3.63) is 11.6 Å². The van der Waals surface area contributed by atoms with Gasteiger partial charge in [-0.1, -0.05) is 25.5 Å². The lowest BCUT2D eigenvalue weighted by Gasteiger charge is -2.31. The second-order valence-corrected chi connectivity index (χ2v) is 7.80.